The Morgan fingerprint density at radius 3 is 2.19 bits per heavy atom. The van der Waals surface area contributed by atoms with Crippen LogP contribution in [-0.2, 0) is 10.2 Å². The molecule has 166 valence electrons. The number of nitro benzene ring substituents is 1. The number of esters is 2. The van der Waals surface area contributed by atoms with Crippen molar-refractivity contribution in [3.63, 3.8) is 0 Å². The average molecular weight is 437 g/mol. The van der Waals surface area contributed by atoms with Crippen LogP contribution in [0.5, 0.6) is 5.75 Å². The fourth-order valence-corrected chi connectivity index (χ4v) is 2.96. The molecule has 32 heavy (non-hydrogen) atoms. The lowest BCUT2D eigenvalue weighted by Gasteiger charge is -2.20. The zero-order valence-corrected chi connectivity index (χ0v) is 18.2. The van der Waals surface area contributed by atoms with Crippen LogP contribution in [0, 0.1) is 10.1 Å². The Morgan fingerprint density at radius 1 is 1.03 bits per heavy atom. The van der Waals surface area contributed by atoms with E-state index in [1.54, 1.807) is 41.9 Å². The summed E-state index contributed by atoms with van der Waals surface area (Å²) in [5.41, 5.74) is 1.58. The molecule has 0 unspecified atom stereocenters. The van der Waals surface area contributed by atoms with Gasteiger partial charge < -0.3 is 9.47 Å². The van der Waals surface area contributed by atoms with Crippen LogP contribution < -0.4 is 4.74 Å². The lowest BCUT2D eigenvalue weighted by atomic mass is 9.91. The Hall–Kier alpha value is -4.01. The number of benzene rings is 2. The standard InChI is InChI=1S/C23H23N3O6/c1-5-31-22(28)19-14-20(23(2,3)4)25(24-19)16-8-6-15(7-9-16)21(27)32-18-12-10-17(11-13-18)26(29)30/h6-14H,5H2,1-4H3. The number of carbonyl (C=O) groups excluding carboxylic acids is 2. The summed E-state index contributed by atoms with van der Waals surface area (Å²) in [6.07, 6.45) is 0. The van der Waals surface area contributed by atoms with Crippen molar-refractivity contribution in [2.24, 2.45) is 0 Å². The highest BCUT2D eigenvalue weighted by Crippen LogP contribution is 2.27. The highest BCUT2D eigenvalue weighted by molar-refractivity contribution is 5.91. The van der Waals surface area contributed by atoms with Crippen LogP contribution in [0.4, 0.5) is 5.69 Å². The lowest BCUT2D eigenvalue weighted by Crippen LogP contribution is -2.17. The van der Waals surface area contributed by atoms with Crippen LogP contribution in [0.15, 0.2) is 54.6 Å². The molecule has 3 aromatic rings. The van der Waals surface area contributed by atoms with E-state index in [0.717, 1.165) is 5.69 Å². The third-order valence-electron chi connectivity index (χ3n) is 4.57. The van der Waals surface area contributed by atoms with Crippen LogP contribution in [0.3, 0.4) is 0 Å². The van der Waals surface area contributed by atoms with Gasteiger partial charge in [0.05, 0.1) is 28.5 Å². The third kappa shape index (κ3) is 5.00. The maximum atomic E-state index is 12.4. The second kappa shape index (κ2) is 9.01. The fourth-order valence-electron chi connectivity index (χ4n) is 2.96. The van der Waals surface area contributed by atoms with E-state index in [0.29, 0.717) is 11.3 Å². The number of hydrogen-bond acceptors (Lipinski definition) is 7. The van der Waals surface area contributed by atoms with Crippen molar-refractivity contribution in [2.45, 2.75) is 33.1 Å². The molecule has 9 nitrogen and oxygen atoms in total. The van der Waals surface area contributed by atoms with Gasteiger partial charge in [-0.25, -0.2) is 14.3 Å². The first kappa shape index (κ1) is 22.7. The van der Waals surface area contributed by atoms with Gasteiger partial charge in [-0.1, -0.05) is 20.8 Å². The molecule has 1 aromatic heterocycles. The molecule has 0 aliphatic heterocycles. The van der Waals surface area contributed by atoms with Gasteiger partial charge in [-0.2, -0.15) is 5.10 Å². The zero-order chi connectivity index (χ0) is 23.5. The van der Waals surface area contributed by atoms with Gasteiger partial charge in [-0.15, -0.1) is 0 Å². The normalized spacial score (nSPS) is 11.1. The van der Waals surface area contributed by atoms with Gasteiger partial charge in [0.2, 0.25) is 0 Å². The van der Waals surface area contributed by atoms with Crippen molar-refractivity contribution in [3.05, 3.63) is 81.7 Å². The molecule has 0 fully saturated rings. The van der Waals surface area contributed by atoms with Gasteiger partial charge >= 0.3 is 11.9 Å². The number of ether oxygens (including phenoxy) is 2. The van der Waals surface area contributed by atoms with Gasteiger partial charge in [0.25, 0.3) is 5.69 Å². The Balaban J connectivity index is 1.84. The molecule has 0 aliphatic carbocycles. The maximum absolute atomic E-state index is 12.4. The van der Waals surface area contributed by atoms with Crippen LogP contribution in [0.25, 0.3) is 5.69 Å². The zero-order valence-electron chi connectivity index (χ0n) is 18.2. The van der Waals surface area contributed by atoms with Crippen LogP contribution in [-0.4, -0.2) is 33.2 Å². The van der Waals surface area contributed by atoms with Crippen molar-refractivity contribution in [2.75, 3.05) is 6.61 Å². The van der Waals surface area contributed by atoms with Crippen molar-refractivity contribution >= 4 is 17.6 Å². The summed E-state index contributed by atoms with van der Waals surface area (Å²) in [7, 11) is 0. The smallest absolute Gasteiger partial charge is 0.358 e. The highest BCUT2D eigenvalue weighted by atomic mass is 16.6. The van der Waals surface area contributed by atoms with E-state index >= 15 is 0 Å². The highest BCUT2D eigenvalue weighted by Gasteiger charge is 2.25. The number of rotatable bonds is 6. The number of hydrogen-bond donors (Lipinski definition) is 0. The Morgan fingerprint density at radius 2 is 1.66 bits per heavy atom. The van der Waals surface area contributed by atoms with Crippen LogP contribution >= 0.6 is 0 Å². The molecule has 0 N–H and O–H groups in total. The van der Waals surface area contributed by atoms with Gasteiger partial charge in [-0.05, 0) is 49.4 Å². The van der Waals surface area contributed by atoms with Crippen molar-refractivity contribution in [1.29, 1.82) is 0 Å². The molecule has 0 spiro atoms. The number of carbonyl (C=O) groups is 2. The first-order valence-corrected chi connectivity index (χ1v) is 9.95. The quantitative estimate of drug-likeness (QED) is 0.242. The summed E-state index contributed by atoms with van der Waals surface area (Å²) in [6.45, 7) is 8.00. The van der Waals surface area contributed by atoms with Gasteiger partial charge in [0, 0.05) is 17.5 Å². The van der Waals surface area contributed by atoms with Crippen LogP contribution in [0.1, 0.15) is 54.2 Å². The number of aromatic nitrogens is 2. The lowest BCUT2D eigenvalue weighted by molar-refractivity contribution is -0.384. The molecular weight excluding hydrogens is 414 g/mol. The maximum Gasteiger partial charge on any atom is 0.358 e. The van der Waals surface area contributed by atoms with E-state index in [2.05, 4.69) is 5.10 Å². The number of nitrogens with zero attached hydrogens (tertiary/aromatic N) is 3. The molecule has 2 aromatic carbocycles. The van der Waals surface area contributed by atoms with E-state index in [-0.39, 0.29) is 29.2 Å². The van der Waals surface area contributed by atoms with E-state index in [1.165, 1.54) is 24.3 Å². The van der Waals surface area contributed by atoms with E-state index in [9.17, 15) is 19.7 Å². The molecular formula is C23H23N3O6. The fraction of sp³-hybridized carbons (Fsp3) is 0.261. The summed E-state index contributed by atoms with van der Waals surface area (Å²) in [5, 5.41) is 15.1. The summed E-state index contributed by atoms with van der Waals surface area (Å²) in [5.74, 6) is -0.903. The van der Waals surface area contributed by atoms with Crippen molar-refractivity contribution in [3.8, 4) is 11.4 Å². The number of nitro groups is 1. The Bertz CT molecular complexity index is 1140. The molecule has 0 radical (unpaired) electrons. The minimum Gasteiger partial charge on any atom is -0.461 e. The average Bonchev–Trinajstić information content (AvgIpc) is 3.21. The Kier molecular flexibility index (Phi) is 6.38. The first-order valence-electron chi connectivity index (χ1n) is 9.95. The van der Waals surface area contributed by atoms with E-state index in [4.69, 9.17) is 9.47 Å². The molecule has 0 saturated heterocycles. The molecule has 0 bridgehead atoms. The topological polar surface area (TPSA) is 114 Å². The van der Waals surface area contributed by atoms with Crippen molar-refractivity contribution in [1.82, 2.24) is 9.78 Å². The molecule has 3 rings (SSSR count). The van der Waals surface area contributed by atoms with E-state index < -0.39 is 16.9 Å². The van der Waals surface area contributed by atoms with Crippen molar-refractivity contribution < 1.29 is 24.0 Å². The van der Waals surface area contributed by atoms with Crippen LogP contribution in [0.2, 0.25) is 0 Å². The summed E-state index contributed by atoms with van der Waals surface area (Å²) in [6, 6.07) is 13.5. The minimum atomic E-state index is -0.603. The molecule has 0 amide bonds. The Labute approximate surface area is 184 Å². The van der Waals surface area contributed by atoms with E-state index in [1.807, 2.05) is 20.8 Å². The summed E-state index contributed by atoms with van der Waals surface area (Å²) < 4.78 is 12.0. The monoisotopic (exact) mass is 437 g/mol. The second-order valence-corrected chi connectivity index (χ2v) is 7.98. The SMILES string of the molecule is CCOC(=O)c1cc(C(C)(C)C)n(-c2ccc(C(=O)Oc3ccc([N+](=O)[O-])cc3)cc2)n1. The number of non-ortho nitro benzene ring substituents is 1. The molecule has 0 saturated carbocycles. The second-order valence-electron chi connectivity index (χ2n) is 7.98. The van der Waals surface area contributed by atoms with Gasteiger partial charge in [-0.3, -0.25) is 10.1 Å². The summed E-state index contributed by atoms with van der Waals surface area (Å²) in [4.78, 5) is 34.8. The minimum absolute atomic E-state index is 0.0924. The third-order valence-corrected chi connectivity index (χ3v) is 4.57. The molecule has 9 heteroatoms. The predicted octanol–water partition coefficient (Wildman–Crippen LogP) is 4.47. The summed E-state index contributed by atoms with van der Waals surface area (Å²) >= 11 is 0. The first-order chi connectivity index (χ1) is 15.1. The molecule has 1 heterocycles. The largest absolute Gasteiger partial charge is 0.461 e. The molecule has 0 atom stereocenters. The van der Waals surface area contributed by atoms with Gasteiger partial charge in [0.1, 0.15) is 5.75 Å². The molecule has 0 aliphatic rings. The predicted molar refractivity (Wildman–Crippen MR) is 116 cm³/mol. The van der Waals surface area contributed by atoms with Gasteiger partial charge in [0.15, 0.2) is 5.69 Å².